The van der Waals surface area contributed by atoms with Crippen molar-refractivity contribution < 1.29 is 5.11 Å². The molecule has 0 amide bonds. The number of nitrogens with zero attached hydrogens (tertiary/aromatic N) is 2. The van der Waals surface area contributed by atoms with Gasteiger partial charge in [-0.2, -0.15) is 0 Å². The first-order chi connectivity index (χ1) is 13.6. The van der Waals surface area contributed by atoms with Crippen LogP contribution < -0.4 is 0 Å². The minimum atomic E-state index is 0.221. The molecule has 0 spiro atoms. The van der Waals surface area contributed by atoms with Gasteiger partial charge in [-0.05, 0) is 85.3 Å². The molecule has 1 saturated carbocycles. The molecule has 1 heterocycles. The molecule has 0 bridgehead atoms. The quantitative estimate of drug-likeness (QED) is 0.592. The minimum Gasteiger partial charge on any atom is -0.508 e. The first-order valence-corrected chi connectivity index (χ1v) is 10.6. The number of aromatic hydroxyl groups is 1. The first-order valence-electron chi connectivity index (χ1n) is 10.6. The second kappa shape index (κ2) is 5.73. The van der Waals surface area contributed by atoms with Gasteiger partial charge >= 0.3 is 0 Å². The number of phenols is 1. The topological polar surface area (TPSA) is 38.0 Å². The van der Waals surface area contributed by atoms with E-state index >= 15 is 0 Å². The van der Waals surface area contributed by atoms with Crippen LogP contribution in [0.1, 0.15) is 49.7 Å². The lowest BCUT2D eigenvalue weighted by atomic mass is 9.55. The van der Waals surface area contributed by atoms with Crippen LogP contribution in [0.2, 0.25) is 0 Å². The number of hydrogen-bond acceptors (Lipinski definition) is 2. The summed E-state index contributed by atoms with van der Waals surface area (Å²) in [6.45, 7) is 2.49. The van der Waals surface area contributed by atoms with Crippen LogP contribution in [0.25, 0.3) is 16.7 Å². The Morgan fingerprint density at radius 1 is 1.14 bits per heavy atom. The molecule has 0 radical (unpaired) electrons. The van der Waals surface area contributed by atoms with Crippen molar-refractivity contribution in [3.63, 3.8) is 0 Å². The Kier molecular flexibility index (Phi) is 3.36. The van der Waals surface area contributed by atoms with Gasteiger partial charge in [0.25, 0.3) is 0 Å². The molecule has 3 heteroatoms. The Morgan fingerprint density at radius 2 is 2.04 bits per heavy atom. The maximum Gasteiger partial charge on any atom is 0.115 e. The van der Waals surface area contributed by atoms with Gasteiger partial charge in [-0.15, -0.1) is 0 Å². The van der Waals surface area contributed by atoms with Crippen LogP contribution in [-0.2, 0) is 6.42 Å². The molecule has 3 nitrogen and oxygen atoms in total. The predicted octanol–water partition coefficient (Wildman–Crippen LogP) is 5.75. The Labute approximate surface area is 165 Å². The molecule has 3 aromatic rings. The summed E-state index contributed by atoms with van der Waals surface area (Å²) in [6, 6.07) is 14.5. The van der Waals surface area contributed by atoms with Crippen LogP contribution in [0, 0.1) is 17.3 Å². The zero-order valence-electron chi connectivity index (χ0n) is 16.3. The highest BCUT2D eigenvalue weighted by atomic mass is 16.3. The van der Waals surface area contributed by atoms with Crippen molar-refractivity contribution in [2.24, 2.45) is 17.3 Å². The van der Waals surface area contributed by atoms with Crippen LogP contribution in [0.15, 0.2) is 54.9 Å². The zero-order valence-corrected chi connectivity index (χ0v) is 16.3. The van der Waals surface area contributed by atoms with Crippen molar-refractivity contribution >= 4 is 16.7 Å². The molecule has 1 fully saturated rings. The van der Waals surface area contributed by atoms with Crippen molar-refractivity contribution in [2.75, 3.05) is 0 Å². The maximum atomic E-state index is 9.89. The van der Waals surface area contributed by atoms with E-state index in [1.54, 1.807) is 0 Å². The number of fused-ring (bicyclic) bond motifs is 6. The second-order valence-corrected chi connectivity index (χ2v) is 9.18. The molecule has 0 saturated heterocycles. The average molecular weight is 370 g/mol. The van der Waals surface area contributed by atoms with E-state index in [-0.39, 0.29) is 5.41 Å². The number of allylic oxidation sites excluding steroid dienone is 2. The van der Waals surface area contributed by atoms with Gasteiger partial charge in [0.2, 0.25) is 0 Å². The van der Waals surface area contributed by atoms with Gasteiger partial charge in [0.15, 0.2) is 0 Å². The molecule has 28 heavy (non-hydrogen) atoms. The Hall–Kier alpha value is -2.55. The highest BCUT2D eigenvalue weighted by Gasteiger charge is 2.52. The van der Waals surface area contributed by atoms with Crippen molar-refractivity contribution in [3.8, 4) is 5.75 Å². The van der Waals surface area contributed by atoms with Crippen molar-refractivity contribution in [2.45, 2.75) is 44.9 Å². The normalized spacial score (nSPS) is 31.2. The molecule has 0 unspecified atom stereocenters. The van der Waals surface area contributed by atoms with E-state index < -0.39 is 0 Å². The molecule has 1 aromatic heterocycles. The zero-order chi connectivity index (χ0) is 18.9. The number of imidazole rings is 1. The van der Waals surface area contributed by atoms with Gasteiger partial charge in [0.05, 0.1) is 11.0 Å². The first kappa shape index (κ1) is 16.4. The van der Waals surface area contributed by atoms with Gasteiger partial charge in [-0.1, -0.05) is 31.2 Å². The van der Waals surface area contributed by atoms with Gasteiger partial charge in [-0.25, -0.2) is 4.98 Å². The van der Waals surface area contributed by atoms with E-state index in [0.717, 1.165) is 17.9 Å². The van der Waals surface area contributed by atoms with Crippen LogP contribution in [0.3, 0.4) is 0 Å². The number of hydrogen-bond donors (Lipinski definition) is 1. The van der Waals surface area contributed by atoms with E-state index in [1.165, 1.54) is 48.0 Å². The molecule has 4 atom stereocenters. The molecule has 0 aliphatic heterocycles. The third-order valence-electron chi connectivity index (χ3n) is 7.96. The number of phenolic OH excluding ortho intramolecular Hbond substituents is 1. The summed E-state index contributed by atoms with van der Waals surface area (Å²) in [7, 11) is 0. The maximum absolute atomic E-state index is 9.89. The molecule has 3 aliphatic rings. The van der Waals surface area contributed by atoms with E-state index in [1.807, 2.05) is 18.5 Å². The van der Waals surface area contributed by atoms with Gasteiger partial charge in [-0.3, -0.25) is 0 Å². The number of benzene rings is 2. The Balaban J connectivity index is 1.38. The Morgan fingerprint density at radius 3 is 2.96 bits per heavy atom. The summed E-state index contributed by atoms with van der Waals surface area (Å²) >= 11 is 0. The van der Waals surface area contributed by atoms with Gasteiger partial charge in [0.1, 0.15) is 12.1 Å². The number of rotatable bonds is 1. The Bertz CT molecular complexity index is 1110. The molecule has 6 rings (SSSR count). The molecule has 1 N–H and O–H groups in total. The largest absolute Gasteiger partial charge is 0.508 e. The summed E-state index contributed by atoms with van der Waals surface area (Å²) in [4.78, 5) is 4.65. The van der Waals surface area contributed by atoms with E-state index in [0.29, 0.717) is 17.6 Å². The fourth-order valence-corrected chi connectivity index (χ4v) is 6.64. The summed E-state index contributed by atoms with van der Waals surface area (Å²) in [6.07, 6.45) is 10.5. The van der Waals surface area contributed by atoms with E-state index in [2.05, 4.69) is 52.9 Å². The molecule has 2 aromatic carbocycles. The minimum absolute atomic E-state index is 0.221. The van der Waals surface area contributed by atoms with E-state index in [9.17, 15) is 5.11 Å². The van der Waals surface area contributed by atoms with Crippen LogP contribution >= 0.6 is 0 Å². The highest BCUT2D eigenvalue weighted by Crippen LogP contribution is 2.62. The molecule has 142 valence electrons. The summed E-state index contributed by atoms with van der Waals surface area (Å²) < 4.78 is 2.35. The summed E-state index contributed by atoms with van der Waals surface area (Å²) in [5, 5.41) is 9.89. The standard InChI is InChI=1S/C25H26N2O/c1-25-13-12-19-18-9-7-17(28)14-16(18)6-8-20(19)21(25)10-11-24(25)27-15-26-22-4-2-3-5-23(22)27/h2-5,7,9,11,14-15,19-21,28H,6,8,10,12-13H2,1H3/t19-,20-,21+,25+/m1/s1. The third-order valence-corrected chi connectivity index (χ3v) is 7.96. The van der Waals surface area contributed by atoms with Crippen LogP contribution in [-0.4, -0.2) is 14.7 Å². The van der Waals surface area contributed by atoms with Crippen molar-refractivity contribution in [1.82, 2.24) is 9.55 Å². The molecular formula is C25H26N2O. The van der Waals surface area contributed by atoms with Crippen LogP contribution in [0.5, 0.6) is 5.75 Å². The number of aromatic nitrogens is 2. The van der Waals surface area contributed by atoms with Crippen molar-refractivity contribution in [1.29, 1.82) is 0 Å². The average Bonchev–Trinajstić information content (AvgIpc) is 3.28. The number of aryl methyl sites for hydroxylation is 1. The molecule has 3 aliphatic carbocycles. The summed E-state index contributed by atoms with van der Waals surface area (Å²) in [5.74, 6) is 2.49. The second-order valence-electron chi connectivity index (χ2n) is 9.18. The number of para-hydroxylation sites is 2. The smallest absolute Gasteiger partial charge is 0.115 e. The van der Waals surface area contributed by atoms with Gasteiger partial charge < -0.3 is 9.67 Å². The molecular weight excluding hydrogens is 344 g/mol. The summed E-state index contributed by atoms with van der Waals surface area (Å²) in [5.41, 5.74) is 6.85. The highest BCUT2D eigenvalue weighted by molar-refractivity contribution is 5.80. The van der Waals surface area contributed by atoms with Crippen molar-refractivity contribution in [3.05, 3.63) is 66.0 Å². The fraction of sp³-hybridized carbons (Fsp3) is 0.400. The van der Waals surface area contributed by atoms with Gasteiger partial charge in [0, 0.05) is 11.1 Å². The fourth-order valence-electron chi connectivity index (χ4n) is 6.64. The third kappa shape index (κ3) is 2.13. The van der Waals surface area contributed by atoms with Crippen LogP contribution in [0.4, 0.5) is 0 Å². The predicted molar refractivity (Wildman–Crippen MR) is 112 cm³/mol. The lowest BCUT2D eigenvalue weighted by molar-refractivity contribution is 0.0856. The lowest BCUT2D eigenvalue weighted by Gasteiger charge is -2.50. The SMILES string of the molecule is C[C@]12CC[C@@H]3c4ccc(O)cc4CC[C@H]3[C@@H]1CC=C2n1cnc2ccccc21. The van der Waals surface area contributed by atoms with E-state index in [4.69, 9.17) is 0 Å². The monoisotopic (exact) mass is 370 g/mol. The lowest BCUT2D eigenvalue weighted by Crippen LogP contribution is -2.41.